The fourth-order valence-electron chi connectivity index (χ4n) is 2.31. The molecule has 16 heavy (non-hydrogen) atoms. The Morgan fingerprint density at radius 3 is 3.00 bits per heavy atom. The maximum atomic E-state index is 5.48. The molecule has 0 bridgehead atoms. The lowest BCUT2D eigenvalue weighted by Crippen LogP contribution is -2.10. The highest BCUT2D eigenvalue weighted by atomic mass is 32.1. The van der Waals surface area contributed by atoms with Crippen LogP contribution in [0, 0.1) is 0 Å². The van der Waals surface area contributed by atoms with Crippen molar-refractivity contribution < 1.29 is 0 Å². The highest BCUT2D eigenvalue weighted by molar-refractivity contribution is 7.80. The molecule has 0 spiro atoms. The lowest BCUT2D eigenvalue weighted by molar-refractivity contribution is 0.571. The first kappa shape index (κ1) is 11.6. The highest BCUT2D eigenvalue weighted by Crippen LogP contribution is 2.20. The van der Waals surface area contributed by atoms with Crippen molar-refractivity contribution in [3.63, 3.8) is 0 Å². The van der Waals surface area contributed by atoms with Gasteiger partial charge in [-0.3, -0.25) is 0 Å². The lowest BCUT2D eigenvalue weighted by atomic mass is 10.0. The number of thiocarbonyl (C=S) groups is 1. The molecule has 0 unspecified atom stereocenters. The van der Waals surface area contributed by atoms with Crippen molar-refractivity contribution in [2.75, 3.05) is 0 Å². The number of rotatable bonds is 5. The van der Waals surface area contributed by atoms with Gasteiger partial charge < -0.3 is 10.3 Å². The van der Waals surface area contributed by atoms with E-state index < -0.39 is 0 Å². The van der Waals surface area contributed by atoms with Crippen LogP contribution in [0.5, 0.6) is 0 Å². The van der Waals surface area contributed by atoms with Gasteiger partial charge in [0, 0.05) is 12.2 Å². The third kappa shape index (κ3) is 2.82. The third-order valence-corrected chi connectivity index (χ3v) is 3.39. The maximum absolute atomic E-state index is 5.48. The van der Waals surface area contributed by atoms with Crippen molar-refractivity contribution in [1.29, 1.82) is 0 Å². The zero-order valence-corrected chi connectivity index (χ0v) is 10.4. The van der Waals surface area contributed by atoms with E-state index in [1.807, 2.05) is 6.33 Å². The van der Waals surface area contributed by atoms with E-state index in [1.165, 1.54) is 30.7 Å². The average Bonchev–Trinajstić information content (AvgIpc) is 2.68. The van der Waals surface area contributed by atoms with Gasteiger partial charge in [0.15, 0.2) is 0 Å². The maximum Gasteiger partial charge on any atom is 0.0951 e. The standard InChI is InChI=1S/C12H19N3S/c13-12(16)7-3-4-8-15-9-14-10-5-1-2-6-11(10)15/h9H,1-8H2,(H2,13,16). The van der Waals surface area contributed by atoms with Crippen molar-refractivity contribution >= 4 is 17.2 Å². The fraction of sp³-hybridized carbons (Fsp3) is 0.667. The zero-order chi connectivity index (χ0) is 11.4. The second-order valence-electron chi connectivity index (χ2n) is 4.46. The first-order valence-corrected chi connectivity index (χ1v) is 6.49. The van der Waals surface area contributed by atoms with Gasteiger partial charge in [0.05, 0.1) is 17.0 Å². The second kappa shape index (κ2) is 5.43. The topological polar surface area (TPSA) is 43.8 Å². The molecule has 1 aliphatic carbocycles. The molecule has 4 heteroatoms. The normalized spacial score (nSPS) is 14.8. The van der Waals surface area contributed by atoms with E-state index in [0.717, 1.165) is 32.2 Å². The van der Waals surface area contributed by atoms with E-state index >= 15 is 0 Å². The van der Waals surface area contributed by atoms with Gasteiger partial charge in [0.2, 0.25) is 0 Å². The first-order chi connectivity index (χ1) is 7.77. The molecule has 1 aliphatic rings. The number of fused-ring (bicyclic) bond motifs is 1. The summed E-state index contributed by atoms with van der Waals surface area (Å²) in [5.41, 5.74) is 8.25. The first-order valence-electron chi connectivity index (χ1n) is 6.08. The van der Waals surface area contributed by atoms with Crippen LogP contribution in [0.3, 0.4) is 0 Å². The van der Waals surface area contributed by atoms with Crippen LogP contribution in [0.2, 0.25) is 0 Å². The molecule has 0 atom stereocenters. The molecule has 0 radical (unpaired) electrons. The SMILES string of the molecule is NC(=S)CCCCn1cnc2c1CCCC2. The summed E-state index contributed by atoms with van der Waals surface area (Å²) in [5.74, 6) is 0. The average molecular weight is 237 g/mol. The molecule has 88 valence electrons. The molecular formula is C12H19N3S. The van der Waals surface area contributed by atoms with Crippen molar-refractivity contribution in [2.45, 2.75) is 51.5 Å². The molecule has 0 saturated heterocycles. The monoisotopic (exact) mass is 237 g/mol. The van der Waals surface area contributed by atoms with Crippen LogP contribution < -0.4 is 5.73 Å². The van der Waals surface area contributed by atoms with Crippen molar-refractivity contribution in [2.24, 2.45) is 5.73 Å². The highest BCUT2D eigenvalue weighted by Gasteiger charge is 2.14. The fourth-order valence-corrected chi connectivity index (χ4v) is 2.45. The summed E-state index contributed by atoms with van der Waals surface area (Å²) in [5, 5.41) is 0. The number of nitrogens with two attached hydrogens (primary N) is 1. The van der Waals surface area contributed by atoms with Crippen LogP contribution in [0.15, 0.2) is 6.33 Å². The Bertz CT molecular complexity index is 370. The Morgan fingerprint density at radius 1 is 1.38 bits per heavy atom. The molecular weight excluding hydrogens is 218 g/mol. The molecule has 1 heterocycles. The van der Waals surface area contributed by atoms with Gasteiger partial charge in [-0.1, -0.05) is 12.2 Å². The van der Waals surface area contributed by atoms with Crippen molar-refractivity contribution in [3.05, 3.63) is 17.7 Å². The molecule has 2 rings (SSSR count). The Kier molecular flexibility index (Phi) is 3.93. The minimum atomic E-state index is 0.632. The number of imidazole rings is 1. The smallest absolute Gasteiger partial charge is 0.0951 e. The summed E-state index contributed by atoms with van der Waals surface area (Å²) in [6.45, 7) is 1.06. The molecule has 3 nitrogen and oxygen atoms in total. The van der Waals surface area contributed by atoms with Crippen LogP contribution >= 0.6 is 12.2 Å². The molecule has 1 aromatic rings. The van der Waals surface area contributed by atoms with Crippen LogP contribution in [-0.2, 0) is 19.4 Å². The minimum Gasteiger partial charge on any atom is -0.393 e. The Morgan fingerprint density at radius 2 is 2.19 bits per heavy atom. The van der Waals surface area contributed by atoms with E-state index in [-0.39, 0.29) is 0 Å². The summed E-state index contributed by atoms with van der Waals surface area (Å²) in [6, 6.07) is 0. The van der Waals surface area contributed by atoms with Gasteiger partial charge in [-0.05, 0) is 44.9 Å². The number of nitrogens with zero attached hydrogens (tertiary/aromatic N) is 2. The number of aryl methyl sites for hydroxylation is 2. The second-order valence-corrected chi connectivity index (χ2v) is 4.99. The Labute approximate surface area is 102 Å². The summed E-state index contributed by atoms with van der Waals surface area (Å²) >= 11 is 4.86. The molecule has 0 aromatic carbocycles. The largest absolute Gasteiger partial charge is 0.393 e. The molecule has 1 aromatic heterocycles. The van der Waals surface area contributed by atoms with Gasteiger partial charge in [-0.2, -0.15) is 0 Å². The quantitative estimate of drug-likeness (QED) is 0.631. The predicted octanol–water partition coefficient (Wildman–Crippen LogP) is 2.22. The Balaban J connectivity index is 1.85. The van der Waals surface area contributed by atoms with E-state index in [9.17, 15) is 0 Å². The predicted molar refractivity (Wildman–Crippen MR) is 69.5 cm³/mol. The van der Waals surface area contributed by atoms with Crippen LogP contribution in [0.1, 0.15) is 43.5 Å². The van der Waals surface area contributed by atoms with Gasteiger partial charge in [0.1, 0.15) is 0 Å². The van der Waals surface area contributed by atoms with E-state index in [0.29, 0.717) is 4.99 Å². The van der Waals surface area contributed by atoms with Crippen LogP contribution in [0.4, 0.5) is 0 Å². The zero-order valence-electron chi connectivity index (χ0n) is 9.61. The third-order valence-electron chi connectivity index (χ3n) is 3.18. The summed E-state index contributed by atoms with van der Waals surface area (Å²) in [6.07, 6.45) is 10.1. The number of unbranched alkanes of at least 4 members (excludes halogenated alkanes) is 1. The summed E-state index contributed by atoms with van der Waals surface area (Å²) in [7, 11) is 0. The molecule has 2 N–H and O–H groups in total. The lowest BCUT2D eigenvalue weighted by Gasteiger charge is -2.13. The van der Waals surface area contributed by atoms with Gasteiger partial charge in [0.25, 0.3) is 0 Å². The van der Waals surface area contributed by atoms with Crippen molar-refractivity contribution in [3.8, 4) is 0 Å². The number of hydrogen-bond acceptors (Lipinski definition) is 2. The van der Waals surface area contributed by atoms with Gasteiger partial charge in [-0.15, -0.1) is 0 Å². The Hall–Kier alpha value is -0.900. The number of hydrogen-bond donors (Lipinski definition) is 1. The van der Waals surface area contributed by atoms with Gasteiger partial charge >= 0.3 is 0 Å². The molecule has 0 saturated carbocycles. The summed E-state index contributed by atoms with van der Waals surface area (Å²) in [4.78, 5) is 5.12. The van der Waals surface area contributed by atoms with Gasteiger partial charge in [-0.25, -0.2) is 4.98 Å². The minimum absolute atomic E-state index is 0.632. The van der Waals surface area contributed by atoms with E-state index in [2.05, 4.69) is 9.55 Å². The van der Waals surface area contributed by atoms with E-state index in [1.54, 1.807) is 0 Å². The van der Waals surface area contributed by atoms with Crippen LogP contribution in [-0.4, -0.2) is 14.5 Å². The molecule has 0 fully saturated rings. The summed E-state index contributed by atoms with van der Waals surface area (Å²) < 4.78 is 2.31. The van der Waals surface area contributed by atoms with E-state index in [4.69, 9.17) is 18.0 Å². The molecule has 0 amide bonds. The molecule has 0 aliphatic heterocycles. The van der Waals surface area contributed by atoms with Crippen LogP contribution in [0.25, 0.3) is 0 Å². The van der Waals surface area contributed by atoms with Crippen molar-refractivity contribution in [1.82, 2.24) is 9.55 Å². The number of aromatic nitrogens is 2.